The van der Waals surface area contributed by atoms with Crippen LogP contribution in [0, 0.1) is 0 Å². The molecule has 0 aliphatic carbocycles. The van der Waals surface area contributed by atoms with Gasteiger partial charge in [0.2, 0.25) is 10.0 Å². The van der Waals surface area contributed by atoms with E-state index >= 15 is 0 Å². The number of nitrogens with zero attached hydrogens (tertiary/aromatic N) is 4. The Balaban J connectivity index is 1.32. The molecule has 3 aromatic rings. The van der Waals surface area contributed by atoms with Gasteiger partial charge in [0.15, 0.2) is 0 Å². The molecule has 2 amide bonds. The Kier molecular flexibility index (Phi) is 7.08. The monoisotopic (exact) mass is 486 g/mol. The van der Waals surface area contributed by atoms with Gasteiger partial charge in [-0.05, 0) is 62.2 Å². The number of benzene rings is 2. The van der Waals surface area contributed by atoms with Gasteiger partial charge in [-0.1, -0.05) is 5.21 Å². The van der Waals surface area contributed by atoms with E-state index in [1.807, 2.05) is 0 Å². The average molecular weight is 487 g/mol. The van der Waals surface area contributed by atoms with Gasteiger partial charge in [0.25, 0.3) is 0 Å². The smallest absolute Gasteiger partial charge is 0.338 e. The molecule has 1 fully saturated rings. The number of sulfonamides is 1. The van der Waals surface area contributed by atoms with Crippen LogP contribution in [-0.2, 0) is 21.3 Å². The van der Waals surface area contributed by atoms with E-state index < -0.39 is 22.0 Å². The highest BCUT2D eigenvalue weighted by molar-refractivity contribution is 7.89. The van der Waals surface area contributed by atoms with Gasteiger partial charge in [-0.25, -0.2) is 22.7 Å². The number of ether oxygens (including phenoxy) is 1. The Morgan fingerprint density at radius 1 is 1.09 bits per heavy atom. The van der Waals surface area contributed by atoms with Crippen LogP contribution in [0.1, 0.15) is 30.1 Å². The molecule has 0 spiro atoms. The zero-order valence-electron chi connectivity index (χ0n) is 18.7. The van der Waals surface area contributed by atoms with Crippen LogP contribution in [0.3, 0.4) is 0 Å². The van der Waals surface area contributed by atoms with Gasteiger partial charge in [-0.3, -0.25) is 0 Å². The first-order valence-electron chi connectivity index (χ1n) is 11.0. The number of aromatic nitrogens is 3. The normalized spacial score (nSPS) is 14.3. The summed E-state index contributed by atoms with van der Waals surface area (Å²) in [6.45, 7) is 3.73. The summed E-state index contributed by atoms with van der Waals surface area (Å²) in [6, 6.07) is 10.8. The SMILES string of the molecule is CCOC(=O)c1ccc(NC(=O)NCCn2nnc3cc(S(=O)(=O)N4CCCC4)ccc32)cc1. The van der Waals surface area contributed by atoms with Crippen LogP contribution in [0.4, 0.5) is 10.5 Å². The van der Waals surface area contributed by atoms with Crippen LogP contribution in [0.5, 0.6) is 0 Å². The van der Waals surface area contributed by atoms with Crippen molar-refractivity contribution in [3.8, 4) is 0 Å². The van der Waals surface area contributed by atoms with Crippen molar-refractivity contribution in [3.63, 3.8) is 0 Å². The lowest BCUT2D eigenvalue weighted by molar-refractivity contribution is 0.0526. The molecule has 1 saturated heterocycles. The predicted molar refractivity (Wildman–Crippen MR) is 125 cm³/mol. The Bertz CT molecular complexity index is 1280. The fourth-order valence-corrected chi connectivity index (χ4v) is 5.25. The van der Waals surface area contributed by atoms with E-state index in [0.717, 1.165) is 12.8 Å². The van der Waals surface area contributed by atoms with Crippen molar-refractivity contribution in [2.45, 2.75) is 31.2 Å². The zero-order chi connectivity index (χ0) is 24.1. The molecule has 4 rings (SSSR count). The fourth-order valence-electron chi connectivity index (χ4n) is 3.71. The number of hydrogen-bond donors (Lipinski definition) is 2. The number of anilines is 1. The van der Waals surface area contributed by atoms with Crippen LogP contribution in [-0.4, -0.2) is 66.0 Å². The highest BCUT2D eigenvalue weighted by atomic mass is 32.2. The summed E-state index contributed by atoms with van der Waals surface area (Å²) < 4.78 is 33.5. The maximum absolute atomic E-state index is 12.8. The second kappa shape index (κ2) is 10.2. The average Bonchev–Trinajstić information content (AvgIpc) is 3.50. The van der Waals surface area contributed by atoms with Crippen LogP contribution >= 0.6 is 0 Å². The summed E-state index contributed by atoms with van der Waals surface area (Å²) in [6.07, 6.45) is 1.74. The standard InChI is InChI=1S/C22H26N6O5S/c1-2-33-21(29)16-5-7-17(8-6-16)24-22(30)23-11-14-28-20-10-9-18(15-19(20)25-26-28)34(31,32)27-12-3-4-13-27/h5-10,15H,2-4,11-14H2,1H3,(H2,23,24,30). The minimum atomic E-state index is -3.52. The molecule has 1 aliphatic rings. The summed E-state index contributed by atoms with van der Waals surface area (Å²) in [7, 11) is -3.52. The number of nitrogens with one attached hydrogen (secondary N) is 2. The Morgan fingerprint density at radius 3 is 2.53 bits per heavy atom. The van der Waals surface area contributed by atoms with Crippen LogP contribution < -0.4 is 10.6 Å². The molecule has 1 aromatic heterocycles. The van der Waals surface area contributed by atoms with Gasteiger partial charge in [-0.15, -0.1) is 5.10 Å². The van der Waals surface area contributed by atoms with Crippen molar-refractivity contribution >= 4 is 38.7 Å². The number of fused-ring (bicyclic) bond motifs is 1. The molecule has 12 heteroatoms. The van der Waals surface area contributed by atoms with E-state index in [4.69, 9.17) is 4.74 Å². The quantitative estimate of drug-likeness (QED) is 0.466. The van der Waals surface area contributed by atoms with Gasteiger partial charge >= 0.3 is 12.0 Å². The van der Waals surface area contributed by atoms with E-state index in [9.17, 15) is 18.0 Å². The van der Waals surface area contributed by atoms with Gasteiger partial charge < -0.3 is 15.4 Å². The fraction of sp³-hybridized carbons (Fsp3) is 0.364. The summed E-state index contributed by atoms with van der Waals surface area (Å²) in [4.78, 5) is 24.1. The summed E-state index contributed by atoms with van der Waals surface area (Å²) in [5.41, 5.74) is 2.09. The van der Waals surface area contributed by atoms with Crippen molar-refractivity contribution in [2.24, 2.45) is 0 Å². The third-order valence-corrected chi connectivity index (χ3v) is 7.35. The number of rotatable bonds is 8. The molecule has 2 N–H and O–H groups in total. The first-order valence-corrected chi connectivity index (χ1v) is 12.5. The first kappa shape index (κ1) is 23.6. The first-order chi connectivity index (χ1) is 16.4. The number of hydrogen-bond acceptors (Lipinski definition) is 7. The van der Waals surface area contributed by atoms with Crippen LogP contribution in [0.2, 0.25) is 0 Å². The van der Waals surface area contributed by atoms with E-state index in [0.29, 0.717) is 48.5 Å². The lowest BCUT2D eigenvalue weighted by atomic mass is 10.2. The van der Waals surface area contributed by atoms with Gasteiger partial charge in [-0.2, -0.15) is 4.31 Å². The van der Waals surface area contributed by atoms with E-state index in [1.54, 1.807) is 48.0 Å². The molecule has 0 radical (unpaired) electrons. The maximum Gasteiger partial charge on any atom is 0.338 e. The Morgan fingerprint density at radius 2 is 1.82 bits per heavy atom. The van der Waals surface area contributed by atoms with Crippen LogP contribution in [0.15, 0.2) is 47.4 Å². The van der Waals surface area contributed by atoms with Gasteiger partial charge in [0.1, 0.15) is 5.52 Å². The van der Waals surface area contributed by atoms with Crippen molar-refractivity contribution < 1.29 is 22.7 Å². The van der Waals surface area contributed by atoms with Gasteiger partial charge in [0, 0.05) is 25.3 Å². The molecular formula is C22H26N6O5S. The second-order valence-electron chi connectivity index (χ2n) is 7.75. The highest BCUT2D eigenvalue weighted by Crippen LogP contribution is 2.23. The molecule has 2 heterocycles. The summed E-state index contributed by atoms with van der Waals surface area (Å²) >= 11 is 0. The highest BCUT2D eigenvalue weighted by Gasteiger charge is 2.27. The number of esters is 1. The van der Waals surface area contributed by atoms with E-state index in [2.05, 4.69) is 20.9 Å². The Labute approximate surface area is 197 Å². The largest absolute Gasteiger partial charge is 0.462 e. The number of carbonyl (C=O) groups excluding carboxylic acids is 2. The molecule has 1 aliphatic heterocycles. The summed E-state index contributed by atoms with van der Waals surface area (Å²) in [5.74, 6) is -0.417. The second-order valence-corrected chi connectivity index (χ2v) is 9.69. The van der Waals surface area contributed by atoms with E-state index in [-0.39, 0.29) is 11.4 Å². The van der Waals surface area contributed by atoms with E-state index in [1.165, 1.54) is 10.4 Å². The molecule has 0 unspecified atom stereocenters. The van der Waals surface area contributed by atoms with Crippen molar-refractivity contribution in [1.29, 1.82) is 0 Å². The third kappa shape index (κ3) is 5.18. The Hall–Kier alpha value is -3.51. The van der Waals surface area contributed by atoms with Crippen molar-refractivity contribution in [1.82, 2.24) is 24.6 Å². The summed E-state index contributed by atoms with van der Waals surface area (Å²) in [5, 5.41) is 13.6. The lowest BCUT2D eigenvalue weighted by Crippen LogP contribution is -2.31. The number of urea groups is 1. The minimum Gasteiger partial charge on any atom is -0.462 e. The van der Waals surface area contributed by atoms with Crippen molar-refractivity contribution in [2.75, 3.05) is 31.6 Å². The molecule has 11 nitrogen and oxygen atoms in total. The molecule has 180 valence electrons. The molecular weight excluding hydrogens is 460 g/mol. The molecule has 0 bridgehead atoms. The molecule has 0 atom stereocenters. The molecule has 34 heavy (non-hydrogen) atoms. The third-order valence-electron chi connectivity index (χ3n) is 5.45. The predicted octanol–water partition coefficient (Wildman–Crippen LogP) is 2.21. The van der Waals surface area contributed by atoms with Crippen molar-refractivity contribution in [3.05, 3.63) is 48.0 Å². The zero-order valence-corrected chi connectivity index (χ0v) is 19.5. The maximum atomic E-state index is 12.8. The number of amides is 2. The van der Waals surface area contributed by atoms with Gasteiger partial charge in [0.05, 0.1) is 29.1 Å². The lowest BCUT2D eigenvalue weighted by Gasteiger charge is -2.15. The number of carbonyl (C=O) groups is 2. The minimum absolute atomic E-state index is 0.209. The van der Waals surface area contributed by atoms with Crippen LogP contribution in [0.25, 0.3) is 11.0 Å². The topological polar surface area (TPSA) is 136 Å². The molecule has 2 aromatic carbocycles. The molecule has 0 saturated carbocycles.